The molecule has 0 amide bonds. The Morgan fingerprint density at radius 2 is 1.29 bits per heavy atom. The van der Waals surface area contributed by atoms with E-state index in [1.165, 1.54) is 22.3 Å². The molecular weight excluding hydrogens is 691 g/mol. The number of hydrogen-bond donors (Lipinski definition) is 0. The summed E-state index contributed by atoms with van der Waals surface area (Å²) < 4.78 is 0. The third-order valence-electron chi connectivity index (χ3n) is 6.75. The van der Waals surface area contributed by atoms with Crippen LogP contribution in [0.25, 0.3) is 44.9 Å². The first-order valence-electron chi connectivity index (χ1n) is 13.8. The molecule has 0 unspecified atom stereocenters. The molecule has 0 bridgehead atoms. The number of hydrogen-bond acceptors (Lipinski definition) is 3. The van der Waals surface area contributed by atoms with Crippen LogP contribution in [-0.2, 0) is 25.5 Å². The second kappa shape index (κ2) is 14.1. The average Bonchev–Trinajstić information content (AvgIpc) is 3.02. The van der Waals surface area contributed by atoms with Crippen LogP contribution in [-0.4, -0.2) is 15.0 Å². The fourth-order valence-corrected chi connectivity index (χ4v) is 4.49. The van der Waals surface area contributed by atoms with Crippen molar-refractivity contribution in [1.29, 1.82) is 0 Å². The Kier molecular flexibility index (Phi) is 10.3. The van der Waals surface area contributed by atoms with E-state index in [-0.39, 0.29) is 25.5 Å². The van der Waals surface area contributed by atoms with E-state index < -0.39 is 0 Å². The second-order valence-electron chi connectivity index (χ2n) is 10.9. The van der Waals surface area contributed by atoms with E-state index in [1.807, 2.05) is 85.2 Å². The van der Waals surface area contributed by atoms with E-state index in [2.05, 4.69) is 92.3 Å². The number of rotatable bonds is 4. The van der Waals surface area contributed by atoms with Gasteiger partial charge in [-0.15, -0.1) is 71.3 Å². The van der Waals surface area contributed by atoms with E-state index in [1.54, 1.807) is 0 Å². The zero-order valence-corrected chi connectivity index (χ0v) is 26.7. The van der Waals surface area contributed by atoms with Gasteiger partial charge in [0, 0.05) is 49.2 Å². The smallest absolute Gasteiger partial charge is 0.0751 e. The molecule has 0 aliphatic carbocycles. The van der Waals surface area contributed by atoms with E-state index >= 15 is 0 Å². The first kappa shape index (κ1) is 30.7. The van der Waals surface area contributed by atoms with Crippen LogP contribution >= 0.6 is 0 Å². The van der Waals surface area contributed by atoms with Crippen molar-refractivity contribution < 1.29 is 20.1 Å². The molecule has 0 atom stereocenters. The molecule has 3 nitrogen and oxygen atoms in total. The summed E-state index contributed by atoms with van der Waals surface area (Å²) in [5, 5.41) is 0. The Bertz CT molecular complexity index is 1710. The molecule has 6 rings (SSSR count). The van der Waals surface area contributed by atoms with Gasteiger partial charge in [0.05, 0.1) is 5.82 Å². The van der Waals surface area contributed by atoms with Gasteiger partial charge in [-0.05, 0) is 35.4 Å². The van der Waals surface area contributed by atoms with Gasteiger partial charge in [-0.3, -0.25) is 9.97 Å². The SMILES string of the molecule is CC(C)(C)c1ccnc(-c2[c-]ccc(-c3ccccc3)c2)n1.Cc1cc(-c2[c-]cccc2)ncc1-c1ccccc1.[Ir]. The van der Waals surface area contributed by atoms with E-state index in [4.69, 9.17) is 4.98 Å². The number of pyridine rings is 1. The molecule has 4 heteroatoms. The molecule has 2 aromatic heterocycles. The molecular formula is C38H33IrN3-2. The summed E-state index contributed by atoms with van der Waals surface area (Å²) in [4.78, 5) is 13.7. The third-order valence-corrected chi connectivity index (χ3v) is 6.75. The molecule has 0 aliphatic heterocycles. The molecule has 0 fully saturated rings. The zero-order valence-electron chi connectivity index (χ0n) is 24.3. The second-order valence-corrected chi connectivity index (χ2v) is 10.9. The maximum Gasteiger partial charge on any atom is 0.0751 e. The van der Waals surface area contributed by atoms with Crippen LogP contribution in [0.3, 0.4) is 0 Å². The molecule has 0 aliphatic rings. The first-order valence-corrected chi connectivity index (χ1v) is 13.8. The Hall–Kier alpha value is -4.24. The van der Waals surface area contributed by atoms with Crippen LogP contribution in [0.4, 0.5) is 0 Å². The monoisotopic (exact) mass is 724 g/mol. The van der Waals surface area contributed by atoms with Crippen molar-refractivity contribution in [3.8, 4) is 44.9 Å². The van der Waals surface area contributed by atoms with Crippen LogP contribution in [0.5, 0.6) is 0 Å². The molecule has 211 valence electrons. The number of benzene rings is 4. The molecule has 0 saturated carbocycles. The molecule has 0 saturated heterocycles. The maximum atomic E-state index is 4.71. The van der Waals surface area contributed by atoms with Gasteiger partial charge in [-0.1, -0.05) is 87.5 Å². The van der Waals surface area contributed by atoms with Crippen LogP contribution in [0.15, 0.2) is 128 Å². The molecule has 1 radical (unpaired) electrons. The fraction of sp³-hybridized carbons (Fsp3) is 0.132. The fourth-order valence-electron chi connectivity index (χ4n) is 4.49. The summed E-state index contributed by atoms with van der Waals surface area (Å²) in [6.07, 6.45) is 3.77. The molecule has 6 aromatic rings. The quantitative estimate of drug-likeness (QED) is 0.170. The van der Waals surface area contributed by atoms with Gasteiger partial charge in [0.25, 0.3) is 0 Å². The van der Waals surface area contributed by atoms with Crippen molar-refractivity contribution in [2.24, 2.45) is 0 Å². The topological polar surface area (TPSA) is 38.7 Å². The minimum absolute atomic E-state index is 0. The van der Waals surface area contributed by atoms with Crippen LogP contribution in [0, 0.1) is 19.1 Å². The zero-order chi connectivity index (χ0) is 28.7. The Morgan fingerprint density at radius 1 is 0.619 bits per heavy atom. The summed E-state index contributed by atoms with van der Waals surface area (Å²) in [5.74, 6) is 0.727. The predicted octanol–water partition coefficient (Wildman–Crippen LogP) is 9.43. The Balaban J connectivity index is 0.000000190. The van der Waals surface area contributed by atoms with Crippen LogP contribution < -0.4 is 0 Å². The van der Waals surface area contributed by atoms with Crippen molar-refractivity contribution in [3.63, 3.8) is 0 Å². The number of nitrogens with zero attached hydrogens (tertiary/aromatic N) is 3. The first-order chi connectivity index (χ1) is 19.9. The summed E-state index contributed by atoms with van der Waals surface area (Å²) in [6, 6.07) is 45.2. The van der Waals surface area contributed by atoms with Gasteiger partial charge in [0.2, 0.25) is 0 Å². The van der Waals surface area contributed by atoms with Gasteiger partial charge in [0.1, 0.15) is 0 Å². The summed E-state index contributed by atoms with van der Waals surface area (Å²) >= 11 is 0. The van der Waals surface area contributed by atoms with Gasteiger partial charge in [0.15, 0.2) is 0 Å². The van der Waals surface area contributed by atoms with Gasteiger partial charge >= 0.3 is 0 Å². The summed E-state index contributed by atoms with van der Waals surface area (Å²) in [7, 11) is 0. The molecule has 0 spiro atoms. The van der Waals surface area contributed by atoms with Crippen molar-refractivity contribution in [2.75, 3.05) is 0 Å². The molecule has 0 N–H and O–H groups in total. The van der Waals surface area contributed by atoms with E-state index in [0.717, 1.165) is 33.9 Å². The van der Waals surface area contributed by atoms with Crippen molar-refractivity contribution in [3.05, 3.63) is 151 Å². The largest absolute Gasteiger partial charge is 0.304 e. The van der Waals surface area contributed by atoms with Crippen LogP contribution in [0.2, 0.25) is 0 Å². The van der Waals surface area contributed by atoms with Crippen molar-refractivity contribution >= 4 is 0 Å². The minimum Gasteiger partial charge on any atom is -0.304 e. The van der Waals surface area contributed by atoms with Gasteiger partial charge in [-0.25, -0.2) is 0 Å². The van der Waals surface area contributed by atoms with Crippen molar-refractivity contribution in [1.82, 2.24) is 15.0 Å². The van der Waals surface area contributed by atoms with E-state index in [9.17, 15) is 0 Å². The maximum absolute atomic E-state index is 4.71. The van der Waals surface area contributed by atoms with Gasteiger partial charge in [-0.2, -0.15) is 0 Å². The molecule has 2 heterocycles. The van der Waals surface area contributed by atoms with E-state index in [0.29, 0.717) is 0 Å². The molecule has 4 aromatic carbocycles. The average molecular weight is 724 g/mol. The number of aryl methyl sites for hydroxylation is 1. The third kappa shape index (κ3) is 7.73. The summed E-state index contributed by atoms with van der Waals surface area (Å²) in [6.45, 7) is 8.59. The van der Waals surface area contributed by atoms with Crippen molar-refractivity contribution in [2.45, 2.75) is 33.1 Å². The Morgan fingerprint density at radius 3 is 1.93 bits per heavy atom. The minimum atomic E-state index is 0. The van der Waals surface area contributed by atoms with Gasteiger partial charge < -0.3 is 4.98 Å². The predicted molar refractivity (Wildman–Crippen MR) is 169 cm³/mol. The number of aromatic nitrogens is 3. The van der Waals surface area contributed by atoms with Crippen LogP contribution in [0.1, 0.15) is 32.0 Å². The normalized spacial score (nSPS) is 10.7. The summed E-state index contributed by atoms with van der Waals surface area (Å²) in [5.41, 5.74) is 9.93. The Labute approximate surface area is 263 Å². The molecule has 42 heavy (non-hydrogen) atoms. The standard InChI is InChI=1S/C20H19N2.C18H14N.Ir/c1-20(2,3)18-12-13-21-19(22-18)17-11-7-10-16(14-17)15-8-5-4-6-9-15;1-14-12-18(16-10-6-3-7-11-16)19-13-17(14)15-8-4-2-5-9-15;/h4-10,12-14H,1-3H3;2-10,12-13H,1H3;/q2*-1;.